The standard InChI is InChI=1S/C68H91ClN16O15/c1-37(2)29-49(60(93)79-48(14-9-27-74-68(71)72)67(100)85-28-10-15-55(85)66(99)76-38(3)58(70)91)80-63(96)52(33-42-16-21-43-11-5-6-12-44(43)30-42)82-62(95)51(32-41-19-24-46(88)25-20-41)83-65(98)54(36-86)84-59(92)47-13-7-8-26-73-57(90)35-75-56(89)34-53(77-39(4)87)64(97)81-50(61(94)78-47)31-40-17-22-45(69)23-18-40/h5-6,11-12,16-25,30,37-38,47-55,86,88H,7-10,13-15,26-29,31-36H2,1-4H3,(H2,70,91)(H,73,90)(H,75,89)(H,76,99)(H,77,87)(H,78,94)(H,79,93)(H,80,96)(H,81,97)(H,82,95)(H,83,98)(H,84,92)(H4,71,72,74)/t38-,47-,48+,49+,50-,51+,52-,53-,54+,55+/m1/s1. The summed E-state index contributed by atoms with van der Waals surface area (Å²) in [6, 6.07) is 10.3. The average molecular weight is 1410 g/mol. The number of amides is 13. The maximum atomic E-state index is 15.1. The highest BCUT2D eigenvalue weighted by molar-refractivity contribution is 6.30. The fourth-order valence-electron chi connectivity index (χ4n) is 11.3. The van der Waals surface area contributed by atoms with Gasteiger partial charge < -0.3 is 90.8 Å². The van der Waals surface area contributed by atoms with E-state index >= 15 is 9.59 Å². The van der Waals surface area contributed by atoms with Crippen LogP contribution in [0, 0.1) is 5.92 Å². The third-order valence-electron chi connectivity index (χ3n) is 16.6. The van der Waals surface area contributed by atoms with Gasteiger partial charge in [-0.2, -0.15) is 0 Å². The smallest absolute Gasteiger partial charge is 0.245 e. The molecule has 32 heteroatoms. The molecular weight excluding hydrogens is 1320 g/mol. The molecule has 100 heavy (non-hydrogen) atoms. The number of primary amides is 1. The number of carbonyl (C=O) groups is 13. The van der Waals surface area contributed by atoms with Gasteiger partial charge in [0.15, 0.2) is 5.96 Å². The topological polar surface area (TPSA) is 488 Å². The lowest BCUT2D eigenvalue weighted by atomic mass is 9.98. The number of aromatic hydroxyl groups is 1. The van der Waals surface area contributed by atoms with Crippen LogP contribution < -0.4 is 75.7 Å². The first-order valence-electron chi connectivity index (χ1n) is 33.1. The number of likely N-dealkylation sites (tertiary alicyclic amines) is 1. The van der Waals surface area contributed by atoms with Gasteiger partial charge in [0.05, 0.1) is 19.6 Å². The Labute approximate surface area is 583 Å². The first-order chi connectivity index (χ1) is 47.6. The summed E-state index contributed by atoms with van der Waals surface area (Å²) >= 11 is 6.15. The first-order valence-corrected chi connectivity index (χ1v) is 33.4. The van der Waals surface area contributed by atoms with E-state index in [1.54, 1.807) is 50.2 Å². The lowest BCUT2D eigenvalue weighted by molar-refractivity contribution is -0.142. The van der Waals surface area contributed by atoms with Crippen LogP contribution in [-0.2, 0) is 81.6 Å². The van der Waals surface area contributed by atoms with Gasteiger partial charge >= 0.3 is 0 Å². The number of nitrogens with two attached hydrogens (primary N) is 3. The van der Waals surface area contributed by atoms with Gasteiger partial charge in [0, 0.05) is 50.8 Å². The number of benzene rings is 4. The molecule has 0 bridgehead atoms. The van der Waals surface area contributed by atoms with E-state index in [0.717, 1.165) is 17.7 Å². The molecule has 0 aliphatic carbocycles. The Kier molecular flexibility index (Phi) is 30.4. The molecule has 31 nitrogen and oxygen atoms in total. The molecule has 0 unspecified atom stereocenters. The summed E-state index contributed by atoms with van der Waals surface area (Å²) in [7, 11) is 0. The first kappa shape index (κ1) is 78.6. The monoisotopic (exact) mass is 1410 g/mol. The molecule has 0 aromatic heterocycles. The highest BCUT2D eigenvalue weighted by Gasteiger charge is 2.40. The van der Waals surface area contributed by atoms with Crippen LogP contribution in [0.3, 0.4) is 0 Å². The molecule has 2 aliphatic rings. The van der Waals surface area contributed by atoms with E-state index in [1.165, 1.54) is 36.1 Å². The van der Waals surface area contributed by atoms with Crippen molar-refractivity contribution < 1.29 is 72.5 Å². The number of carbonyl (C=O) groups excluding carboxylic acids is 13. The molecule has 2 fully saturated rings. The number of phenols is 1. The average Bonchev–Trinajstić information content (AvgIpc) is 1.57. The number of guanidine groups is 1. The summed E-state index contributed by atoms with van der Waals surface area (Å²) in [5, 5.41) is 51.7. The van der Waals surface area contributed by atoms with Crippen LogP contribution in [0.15, 0.2) is 96.0 Å². The summed E-state index contributed by atoms with van der Waals surface area (Å²) < 4.78 is 0. The molecular formula is C68H91ClN16O15. The highest BCUT2D eigenvalue weighted by Crippen LogP contribution is 2.22. The summed E-state index contributed by atoms with van der Waals surface area (Å²) in [6.07, 6.45) is -0.323. The van der Waals surface area contributed by atoms with E-state index in [-0.39, 0.29) is 101 Å². The molecule has 0 saturated carbocycles. The van der Waals surface area contributed by atoms with Crippen LogP contribution in [0.1, 0.15) is 102 Å². The van der Waals surface area contributed by atoms with Crippen molar-refractivity contribution >= 4 is 105 Å². The van der Waals surface area contributed by atoms with Crippen molar-refractivity contribution in [2.45, 2.75) is 165 Å². The second-order valence-corrected chi connectivity index (χ2v) is 25.6. The Morgan fingerprint density at radius 3 is 1.90 bits per heavy atom. The minimum atomic E-state index is -1.84. The Balaban J connectivity index is 1.30. The second-order valence-electron chi connectivity index (χ2n) is 25.2. The van der Waals surface area contributed by atoms with E-state index in [2.05, 4.69) is 63.5 Å². The zero-order valence-electron chi connectivity index (χ0n) is 56.2. The predicted octanol–water partition coefficient (Wildman–Crippen LogP) is -2.00. The number of nitrogens with zero attached hydrogens (tertiary/aromatic N) is 2. The van der Waals surface area contributed by atoms with Crippen LogP contribution >= 0.6 is 11.6 Å². The van der Waals surface area contributed by atoms with E-state index in [1.807, 2.05) is 30.3 Å². The normalized spacial score (nSPS) is 18.8. The molecule has 4 aromatic rings. The quantitative estimate of drug-likeness (QED) is 0.0166. The number of hydrogen-bond donors (Lipinski definition) is 16. The van der Waals surface area contributed by atoms with Crippen molar-refractivity contribution in [2.24, 2.45) is 28.1 Å². The van der Waals surface area contributed by atoms with Gasteiger partial charge in [-0.15, -0.1) is 0 Å². The molecule has 2 heterocycles. The van der Waals surface area contributed by atoms with Crippen LogP contribution in [-0.4, -0.2) is 191 Å². The largest absolute Gasteiger partial charge is 0.508 e. The molecule has 2 saturated heterocycles. The Morgan fingerprint density at radius 1 is 0.650 bits per heavy atom. The summed E-state index contributed by atoms with van der Waals surface area (Å²) in [5.74, 6) is -11.4. The molecule has 13 amide bonds. The number of rotatable bonds is 28. The Bertz CT molecular complexity index is 3610. The summed E-state index contributed by atoms with van der Waals surface area (Å²) in [5.41, 5.74) is 18.0. The number of aliphatic hydroxyl groups excluding tert-OH is 1. The molecule has 540 valence electrons. The Hall–Kier alpha value is -10.4. The lowest BCUT2D eigenvalue weighted by Gasteiger charge is -2.31. The van der Waals surface area contributed by atoms with Crippen molar-refractivity contribution in [3.63, 3.8) is 0 Å². The number of hydrogen-bond acceptors (Lipinski definition) is 16. The molecule has 2 aliphatic heterocycles. The fourth-order valence-corrected chi connectivity index (χ4v) is 11.5. The van der Waals surface area contributed by atoms with Crippen molar-refractivity contribution in [3.8, 4) is 5.75 Å². The third kappa shape index (κ3) is 25.1. The zero-order chi connectivity index (χ0) is 73.2. The van der Waals surface area contributed by atoms with Gasteiger partial charge in [0.2, 0.25) is 76.8 Å². The van der Waals surface area contributed by atoms with Gasteiger partial charge in [-0.1, -0.05) is 92.2 Å². The SMILES string of the molecule is CC(=O)N[C@@H]1CC(=O)NCC(=O)NCCCC[C@H](C(=O)N[C@@H](CO)C(=O)N[C@@H](Cc2ccc(O)cc2)C(=O)N[C@H](Cc2ccc3ccccc3c2)C(=O)N[C@@H](CC(C)C)C(=O)N[C@@H](CCCN=C(N)N)C(=O)N2CCC[C@H]2C(=O)N[C@H](C)C(N)=O)NC(=O)[C@@H](Cc2ccc(Cl)cc2)NC1=O. The number of halogens is 1. The van der Waals surface area contributed by atoms with Gasteiger partial charge in [-0.05, 0) is 116 Å². The van der Waals surface area contributed by atoms with Crippen molar-refractivity contribution in [1.82, 2.24) is 63.4 Å². The van der Waals surface area contributed by atoms with Gasteiger partial charge in [0.1, 0.15) is 66.2 Å². The van der Waals surface area contributed by atoms with Gasteiger partial charge in [-0.3, -0.25) is 67.3 Å². The number of phenolic OH excluding ortho intramolecular Hbond substituents is 1. The Morgan fingerprint density at radius 2 is 1.26 bits per heavy atom. The highest BCUT2D eigenvalue weighted by atomic mass is 35.5. The van der Waals surface area contributed by atoms with Crippen molar-refractivity contribution in [3.05, 3.63) is 113 Å². The van der Waals surface area contributed by atoms with Crippen LogP contribution in [0.2, 0.25) is 5.02 Å². The molecule has 6 rings (SSSR count). The fraction of sp³-hybridized carbons (Fsp3) is 0.471. The number of fused-ring (bicyclic) bond motifs is 1. The van der Waals surface area contributed by atoms with Crippen LogP contribution in [0.4, 0.5) is 0 Å². The third-order valence-corrected chi connectivity index (χ3v) is 16.9. The summed E-state index contributed by atoms with van der Waals surface area (Å²) in [4.78, 5) is 186. The maximum Gasteiger partial charge on any atom is 0.245 e. The van der Waals surface area contributed by atoms with Gasteiger partial charge in [0.25, 0.3) is 0 Å². The van der Waals surface area contributed by atoms with E-state index in [4.69, 9.17) is 28.8 Å². The summed E-state index contributed by atoms with van der Waals surface area (Å²) in [6.45, 7) is 4.77. The van der Waals surface area contributed by atoms with E-state index in [9.17, 15) is 63.0 Å². The minimum Gasteiger partial charge on any atom is -0.508 e. The molecule has 4 aromatic carbocycles. The molecule has 0 radical (unpaired) electrons. The lowest BCUT2D eigenvalue weighted by Crippen LogP contribution is -2.61. The molecule has 0 spiro atoms. The molecule has 10 atom stereocenters. The molecule has 19 N–H and O–H groups in total. The van der Waals surface area contributed by atoms with E-state index in [0.29, 0.717) is 28.1 Å². The number of nitrogens with one attached hydrogen (secondary N) is 11. The number of aliphatic hydroxyl groups is 1. The van der Waals surface area contributed by atoms with Gasteiger partial charge in [-0.25, -0.2) is 0 Å². The second kappa shape index (κ2) is 38.6. The predicted molar refractivity (Wildman–Crippen MR) is 368 cm³/mol. The zero-order valence-corrected chi connectivity index (χ0v) is 57.0. The minimum absolute atomic E-state index is 0.00142. The number of aliphatic imine (C=N–C) groups is 1. The van der Waals surface area contributed by atoms with Crippen LogP contribution in [0.25, 0.3) is 10.8 Å². The van der Waals surface area contributed by atoms with Crippen molar-refractivity contribution in [2.75, 3.05) is 32.8 Å². The van der Waals surface area contributed by atoms with Crippen molar-refractivity contribution in [1.29, 1.82) is 0 Å². The maximum absolute atomic E-state index is 15.1. The van der Waals surface area contributed by atoms with Crippen LogP contribution in [0.5, 0.6) is 5.75 Å². The van der Waals surface area contributed by atoms with E-state index < -0.39 is 157 Å².